The van der Waals surface area contributed by atoms with Crippen molar-refractivity contribution in [3.05, 3.63) is 35.9 Å². The predicted molar refractivity (Wildman–Crippen MR) is 98.4 cm³/mol. The Morgan fingerprint density at radius 1 is 1.20 bits per heavy atom. The van der Waals surface area contributed by atoms with Gasteiger partial charge in [0.1, 0.15) is 6.54 Å². The van der Waals surface area contributed by atoms with Crippen LogP contribution in [0.15, 0.2) is 30.3 Å². The van der Waals surface area contributed by atoms with Crippen molar-refractivity contribution in [1.29, 1.82) is 0 Å². The summed E-state index contributed by atoms with van der Waals surface area (Å²) in [5, 5.41) is 2.97. The van der Waals surface area contributed by atoms with Gasteiger partial charge in [-0.3, -0.25) is 4.79 Å². The Labute approximate surface area is 150 Å². The third-order valence-electron chi connectivity index (χ3n) is 5.53. The fourth-order valence-electron chi connectivity index (χ4n) is 3.92. The number of rotatable bonds is 5. The van der Waals surface area contributed by atoms with E-state index in [1.54, 1.807) is 4.90 Å². The Bertz CT molecular complexity index is 584. The van der Waals surface area contributed by atoms with Crippen LogP contribution in [0.3, 0.4) is 0 Å². The number of carbonyl (C=O) groups excluding carboxylic acids is 2. The van der Waals surface area contributed by atoms with Gasteiger partial charge in [0, 0.05) is 25.7 Å². The second-order valence-corrected chi connectivity index (χ2v) is 7.28. The van der Waals surface area contributed by atoms with Crippen LogP contribution in [0, 0.1) is 0 Å². The molecule has 0 aromatic heterocycles. The average Bonchev–Trinajstić information content (AvgIpc) is 3.16. The van der Waals surface area contributed by atoms with Crippen molar-refractivity contribution in [1.82, 2.24) is 15.1 Å². The van der Waals surface area contributed by atoms with Crippen molar-refractivity contribution < 1.29 is 9.59 Å². The molecule has 1 aromatic rings. The van der Waals surface area contributed by atoms with E-state index in [1.807, 2.05) is 23.1 Å². The lowest BCUT2D eigenvalue weighted by Gasteiger charge is -2.37. The van der Waals surface area contributed by atoms with E-state index in [0.717, 1.165) is 19.3 Å². The normalized spacial score (nSPS) is 20.0. The van der Waals surface area contributed by atoms with E-state index in [1.165, 1.54) is 18.4 Å². The van der Waals surface area contributed by atoms with Crippen LogP contribution in [-0.2, 0) is 4.79 Å². The first kappa shape index (κ1) is 17.8. The first-order valence-corrected chi connectivity index (χ1v) is 9.52. The number of nitrogens with zero attached hydrogens (tertiary/aromatic N) is 2. The van der Waals surface area contributed by atoms with Crippen LogP contribution in [-0.4, -0.2) is 54.0 Å². The van der Waals surface area contributed by atoms with E-state index in [-0.39, 0.29) is 18.5 Å². The minimum atomic E-state index is -0.111. The molecule has 1 aliphatic heterocycles. The maximum absolute atomic E-state index is 12.4. The van der Waals surface area contributed by atoms with E-state index in [0.29, 0.717) is 31.6 Å². The maximum atomic E-state index is 12.4. The molecule has 0 spiro atoms. The summed E-state index contributed by atoms with van der Waals surface area (Å²) in [5.74, 6) is 0.508. The van der Waals surface area contributed by atoms with Crippen molar-refractivity contribution >= 4 is 11.9 Å². The van der Waals surface area contributed by atoms with Crippen LogP contribution in [0.1, 0.15) is 50.5 Å². The summed E-state index contributed by atoms with van der Waals surface area (Å²) < 4.78 is 0. The van der Waals surface area contributed by atoms with Gasteiger partial charge in [0.05, 0.1) is 0 Å². The van der Waals surface area contributed by atoms with Gasteiger partial charge in [0.25, 0.3) is 0 Å². The van der Waals surface area contributed by atoms with Crippen LogP contribution in [0.4, 0.5) is 4.79 Å². The highest BCUT2D eigenvalue weighted by Crippen LogP contribution is 2.24. The lowest BCUT2D eigenvalue weighted by Crippen LogP contribution is -2.56. The summed E-state index contributed by atoms with van der Waals surface area (Å²) in [7, 11) is 0. The first-order valence-electron chi connectivity index (χ1n) is 9.52. The van der Waals surface area contributed by atoms with E-state index in [4.69, 9.17) is 0 Å². The van der Waals surface area contributed by atoms with E-state index in [9.17, 15) is 9.59 Å². The van der Waals surface area contributed by atoms with Gasteiger partial charge in [0.2, 0.25) is 5.91 Å². The maximum Gasteiger partial charge on any atom is 0.317 e. The van der Waals surface area contributed by atoms with Crippen LogP contribution in [0.5, 0.6) is 0 Å². The van der Waals surface area contributed by atoms with E-state index >= 15 is 0 Å². The Morgan fingerprint density at radius 3 is 2.60 bits per heavy atom. The molecule has 2 fully saturated rings. The second-order valence-electron chi connectivity index (χ2n) is 7.28. The van der Waals surface area contributed by atoms with Crippen molar-refractivity contribution in [3.63, 3.8) is 0 Å². The molecule has 1 atom stereocenters. The molecule has 1 saturated carbocycles. The number of carbonyl (C=O) groups is 2. The zero-order chi connectivity index (χ0) is 17.6. The fraction of sp³-hybridized carbons (Fsp3) is 0.600. The molecule has 3 rings (SSSR count). The highest BCUT2D eigenvalue weighted by atomic mass is 16.2. The van der Waals surface area contributed by atoms with Crippen molar-refractivity contribution in [3.8, 4) is 0 Å². The highest BCUT2D eigenvalue weighted by molar-refractivity contribution is 5.85. The molecule has 5 nitrogen and oxygen atoms in total. The Kier molecular flexibility index (Phi) is 5.95. The summed E-state index contributed by atoms with van der Waals surface area (Å²) in [5.41, 5.74) is 1.29. The van der Waals surface area contributed by atoms with Gasteiger partial charge in [-0.1, -0.05) is 50.1 Å². The zero-order valence-electron chi connectivity index (χ0n) is 15.1. The highest BCUT2D eigenvalue weighted by Gasteiger charge is 2.32. The number of nitrogens with one attached hydrogen (secondary N) is 1. The summed E-state index contributed by atoms with van der Waals surface area (Å²) in [4.78, 5) is 28.3. The van der Waals surface area contributed by atoms with Gasteiger partial charge < -0.3 is 15.1 Å². The Hall–Kier alpha value is -2.04. The monoisotopic (exact) mass is 343 g/mol. The predicted octanol–water partition coefficient (Wildman–Crippen LogP) is 2.98. The molecule has 1 aromatic carbocycles. The van der Waals surface area contributed by atoms with Crippen LogP contribution >= 0.6 is 0 Å². The molecule has 2 aliphatic rings. The number of urea groups is 1. The van der Waals surface area contributed by atoms with Gasteiger partial charge in [-0.2, -0.15) is 0 Å². The lowest BCUT2D eigenvalue weighted by molar-refractivity contribution is -0.137. The number of hydrogen-bond acceptors (Lipinski definition) is 2. The Morgan fingerprint density at radius 2 is 1.92 bits per heavy atom. The number of piperazine rings is 1. The zero-order valence-corrected chi connectivity index (χ0v) is 15.1. The van der Waals surface area contributed by atoms with E-state index < -0.39 is 0 Å². The second kappa shape index (κ2) is 8.37. The molecule has 0 radical (unpaired) electrons. The summed E-state index contributed by atoms with van der Waals surface area (Å²) >= 11 is 0. The number of benzene rings is 1. The summed E-state index contributed by atoms with van der Waals surface area (Å²) in [6.45, 7) is 4.34. The molecule has 1 unspecified atom stereocenters. The average molecular weight is 343 g/mol. The van der Waals surface area contributed by atoms with Gasteiger partial charge in [0.15, 0.2) is 0 Å². The fourth-order valence-corrected chi connectivity index (χ4v) is 3.92. The van der Waals surface area contributed by atoms with Crippen LogP contribution in [0.25, 0.3) is 0 Å². The first-order chi connectivity index (χ1) is 12.1. The smallest absolute Gasteiger partial charge is 0.317 e. The van der Waals surface area contributed by atoms with Crippen molar-refractivity contribution in [2.24, 2.45) is 0 Å². The lowest BCUT2D eigenvalue weighted by atomic mass is 9.98. The van der Waals surface area contributed by atoms with Gasteiger partial charge in [-0.25, -0.2) is 4.79 Å². The number of amides is 3. The van der Waals surface area contributed by atoms with Crippen molar-refractivity contribution in [2.45, 2.75) is 51.0 Å². The molecular formula is C20H29N3O2. The minimum Gasteiger partial charge on any atom is -0.338 e. The molecular weight excluding hydrogens is 314 g/mol. The third kappa shape index (κ3) is 4.53. The van der Waals surface area contributed by atoms with Gasteiger partial charge in [-0.05, 0) is 30.7 Å². The standard InChI is InChI=1S/C20H29N3O2/c1-16(17-7-3-2-4-8-17)11-12-21-20(25)22-13-14-23(19(24)15-22)18-9-5-6-10-18/h2-4,7-8,16,18H,5-6,9-15H2,1H3,(H,21,25). The summed E-state index contributed by atoms with van der Waals surface area (Å²) in [6, 6.07) is 10.6. The third-order valence-corrected chi connectivity index (χ3v) is 5.53. The summed E-state index contributed by atoms with van der Waals surface area (Å²) in [6.07, 6.45) is 5.58. The van der Waals surface area contributed by atoms with Crippen molar-refractivity contribution in [2.75, 3.05) is 26.2 Å². The SMILES string of the molecule is CC(CCNC(=O)N1CCN(C2CCCC2)C(=O)C1)c1ccccc1. The molecule has 1 saturated heterocycles. The number of hydrogen-bond donors (Lipinski definition) is 1. The molecule has 136 valence electrons. The molecule has 1 aliphatic carbocycles. The minimum absolute atomic E-state index is 0.103. The molecule has 5 heteroatoms. The molecule has 1 heterocycles. The van der Waals surface area contributed by atoms with Gasteiger partial charge in [-0.15, -0.1) is 0 Å². The van der Waals surface area contributed by atoms with Crippen LogP contribution < -0.4 is 5.32 Å². The quantitative estimate of drug-likeness (QED) is 0.893. The largest absolute Gasteiger partial charge is 0.338 e. The molecule has 3 amide bonds. The molecule has 0 bridgehead atoms. The topological polar surface area (TPSA) is 52.7 Å². The van der Waals surface area contributed by atoms with Crippen LogP contribution in [0.2, 0.25) is 0 Å². The van der Waals surface area contributed by atoms with E-state index in [2.05, 4.69) is 24.4 Å². The van der Waals surface area contributed by atoms with Gasteiger partial charge >= 0.3 is 6.03 Å². The molecule has 25 heavy (non-hydrogen) atoms. The molecule has 1 N–H and O–H groups in total. The Balaban J connectivity index is 1.41.